The van der Waals surface area contributed by atoms with Crippen LogP contribution < -0.4 is 15.2 Å². The molecule has 2 aromatic heterocycles. The van der Waals surface area contributed by atoms with Gasteiger partial charge < -0.3 is 14.5 Å². The first-order valence-electron chi connectivity index (χ1n) is 8.01. The topological polar surface area (TPSA) is 93.5 Å². The van der Waals surface area contributed by atoms with Crippen LogP contribution in [0.1, 0.15) is 5.82 Å². The molecule has 0 radical (unpaired) electrons. The maximum Gasteiger partial charge on any atom is 0.267 e. The Bertz CT molecular complexity index is 814. The van der Waals surface area contributed by atoms with Gasteiger partial charge in [0.15, 0.2) is 0 Å². The van der Waals surface area contributed by atoms with Gasteiger partial charge in [0.1, 0.15) is 18.2 Å². The van der Waals surface area contributed by atoms with E-state index in [2.05, 4.69) is 20.0 Å². The first-order valence-corrected chi connectivity index (χ1v) is 8.01. The Morgan fingerprint density at radius 2 is 2.00 bits per heavy atom. The molecule has 1 aliphatic rings. The molecule has 1 aliphatic heterocycles. The summed E-state index contributed by atoms with van der Waals surface area (Å²) in [4.78, 5) is 36.5. The van der Waals surface area contributed by atoms with Gasteiger partial charge in [0.05, 0.1) is 7.11 Å². The zero-order valence-electron chi connectivity index (χ0n) is 14.3. The number of hydrogen-bond donors (Lipinski definition) is 0. The average molecular weight is 344 g/mol. The smallest absolute Gasteiger partial charge is 0.267 e. The Balaban J connectivity index is 1.62. The van der Waals surface area contributed by atoms with Crippen molar-refractivity contribution in [2.24, 2.45) is 0 Å². The van der Waals surface area contributed by atoms with Crippen LogP contribution in [-0.2, 0) is 11.3 Å². The van der Waals surface area contributed by atoms with Gasteiger partial charge in [0, 0.05) is 44.5 Å². The molecule has 3 rings (SSSR count). The van der Waals surface area contributed by atoms with E-state index in [9.17, 15) is 9.59 Å². The monoisotopic (exact) mass is 344 g/mol. The molecule has 9 heteroatoms. The van der Waals surface area contributed by atoms with E-state index in [1.54, 1.807) is 24.1 Å². The fraction of sp³-hybridized carbons (Fsp3) is 0.438. The number of anilines is 1. The molecule has 9 nitrogen and oxygen atoms in total. The van der Waals surface area contributed by atoms with Crippen molar-refractivity contribution in [1.82, 2.24) is 24.6 Å². The van der Waals surface area contributed by atoms with Gasteiger partial charge in [-0.15, -0.1) is 0 Å². The van der Waals surface area contributed by atoms with Crippen molar-refractivity contribution in [3.05, 3.63) is 40.6 Å². The molecule has 132 valence electrons. The van der Waals surface area contributed by atoms with Crippen LogP contribution in [0.4, 0.5) is 5.82 Å². The quantitative estimate of drug-likeness (QED) is 0.751. The highest BCUT2D eigenvalue weighted by Gasteiger charge is 2.23. The molecule has 3 heterocycles. The van der Waals surface area contributed by atoms with Crippen LogP contribution in [0.3, 0.4) is 0 Å². The number of amides is 1. The lowest BCUT2D eigenvalue weighted by Crippen LogP contribution is -2.50. The Morgan fingerprint density at radius 1 is 1.24 bits per heavy atom. The third kappa shape index (κ3) is 3.93. The first kappa shape index (κ1) is 16.9. The summed E-state index contributed by atoms with van der Waals surface area (Å²) in [6, 6.07) is 4.74. The minimum absolute atomic E-state index is 0.0416. The van der Waals surface area contributed by atoms with Crippen LogP contribution in [0.2, 0.25) is 0 Å². The molecule has 1 saturated heterocycles. The number of nitrogens with zero attached hydrogens (tertiary/aromatic N) is 6. The molecular weight excluding hydrogens is 324 g/mol. The zero-order valence-corrected chi connectivity index (χ0v) is 14.3. The molecule has 25 heavy (non-hydrogen) atoms. The highest BCUT2D eigenvalue weighted by molar-refractivity contribution is 5.76. The highest BCUT2D eigenvalue weighted by atomic mass is 16.5. The highest BCUT2D eigenvalue weighted by Crippen LogP contribution is 2.18. The lowest BCUT2D eigenvalue weighted by atomic mass is 10.3. The van der Waals surface area contributed by atoms with Crippen LogP contribution >= 0.6 is 0 Å². The molecule has 0 unspecified atom stereocenters. The molecule has 0 bridgehead atoms. The lowest BCUT2D eigenvalue weighted by molar-refractivity contribution is -0.132. The second-order valence-electron chi connectivity index (χ2n) is 5.70. The van der Waals surface area contributed by atoms with E-state index in [-0.39, 0.29) is 18.0 Å². The zero-order chi connectivity index (χ0) is 17.8. The van der Waals surface area contributed by atoms with Crippen molar-refractivity contribution in [2.75, 3.05) is 38.2 Å². The standard InChI is InChI=1S/C16H20N6O3/c1-12-18-13(10-14(19-12)25-2)20-6-8-21(9-7-20)16(24)11-22-15(23)4-3-5-17-22/h3-5,10H,6-9,11H2,1-2H3. The third-order valence-electron chi connectivity index (χ3n) is 4.04. The molecule has 1 amide bonds. The van der Waals surface area contributed by atoms with Crippen molar-refractivity contribution in [3.8, 4) is 5.88 Å². The number of ether oxygens (including phenoxy) is 1. The van der Waals surface area contributed by atoms with Crippen LogP contribution in [0.5, 0.6) is 5.88 Å². The van der Waals surface area contributed by atoms with E-state index < -0.39 is 0 Å². The Kier molecular flexibility index (Phi) is 4.92. The molecule has 0 saturated carbocycles. The summed E-state index contributed by atoms with van der Waals surface area (Å²) in [6.45, 7) is 4.21. The largest absolute Gasteiger partial charge is 0.481 e. The van der Waals surface area contributed by atoms with Gasteiger partial charge in [-0.25, -0.2) is 9.67 Å². The van der Waals surface area contributed by atoms with Gasteiger partial charge in [0.25, 0.3) is 5.56 Å². The fourth-order valence-corrected chi connectivity index (χ4v) is 2.71. The second-order valence-corrected chi connectivity index (χ2v) is 5.70. The molecule has 0 spiro atoms. The summed E-state index contributed by atoms with van der Waals surface area (Å²) in [5.74, 6) is 1.84. The van der Waals surface area contributed by atoms with Gasteiger partial charge in [0.2, 0.25) is 11.8 Å². The summed E-state index contributed by atoms with van der Waals surface area (Å²) in [6.07, 6.45) is 1.50. The number of methoxy groups -OCH3 is 1. The number of carbonyl (C=O) groups is 1. The number of aryl methyl sites for hydroxylation is 1. The normalized spacial score (nSPS) is 14.5. The second kappa shape index (κ2) is 7.29. The van der Waals surface area contributed by atoms with E-state index >= 15 is 0 Å². The van der Waals surface area contributed by atoms with Crippen molar-refractivity contribution < 1.29 is 9.53 Å². The van der Waals surface area contributed by atoms with Crippen LogP contribution in [0, 0.1) is 6.92 Å². The number of carbonyl (C=O) groups excluding carboxylic acids is 1. The number of piperazine rings is 1. The number of rotatable bonds is 4. The summed E-state index contributed by atoms with van der Waals surface area (Å²) >= 11 is 0. The van der Waals surface area contributed by atoms with Gasteiger partial charge in [-0.1, -0.05) is 0 Å². The molecule has 0 aromatic carbocycles. The van der Waals surface area contributed by atoms with Gasteiger partial charge in [-0.3, -0.25) is 9.59 Å². The summed E-state index contributed by atoms with van der Waals surface area (Å²) in [5, 5.41) is 3.92. The SMILES string of the molecule is COc1cc(N2CCN(C(=O)Cn3ncccc3=O)CC2)nc(C)n1. The van der Waals surface area contributed by atoms with Crippen LogP contribution in [-0.4, -0.2) is 63.8 Å². The Morgan fingerprint density at radius 3 is 2.68 bits per heavy atom. The summed E-state index contributed by atoms with van der Waals surface area (Å²) in [7, 11) is 1.57. The number of hydrogen-bond acceptors (Lipinski definition) is 7. The van der Waals surface area contributed by atoms with Crippen molar-refractivity contribution in [2.45, 2.75) is 13.5 Å². The van der Waals surface area contributed by atoms with E-state index in [0.717, 1.165) is 5.82 Å². The van der Waals surface area contributed by atoms with E-state index in [1.165, 1.54) is 16.9 Å². The Hall–Kier alpha value is -2.97. The Labute approximate surface area is 144 Å². The van der Waals surface area contributed by atoms with E-state index in [4.69, 9.17) is 4.74 Å². The molecule has 0 aliphatic carbocycles. The summed E-state index contributed by atoms with van der Waals surface area (Å²) < 4.78 is 6.36. The molecule has 2 aromatic rings. The van der Waals surface area contributed by atoms with Gasteiger partial charge in [-0.2, -0.15) is 10.1 Å². The lowest BCUT2D eigenvalue weighted by Gasteiger charge is -2.35. The molecule has 0 N–H and O–H groups in total. The van der Waals surface area contributed by atoms with Crippen molar-refractivity contribution >= 4 is 11.7 Å². The van der Waals surface area contributed by atoms with E-state index in [0.29, 0.717) is 37.9 Å². The van der Waals surface area contributed by atoms with Gasteiger partial charge in [-0.05, 0) is 13.0 Å². The molecule has 0 atom stereocenters. The predicted molar refractivity (Wildman–Crippen MR) is 90.6 cm³/mol. The first-order chi connectivity index (χ1) is 12.1. The van der Waals surface area contributed by atoms with E-state index in [1.807, 2.05) is 6.92 Å². The maximum atomic E-state index is 12.4. The average Bonchev–Trinajstić information content (AvgIpc) is 2.63. The summed E-state index contributed by atoms with van der Waals surface area (Å²) in [5.41, 5.74) is -0.280. The minimum atomic E-state index is -0.280. The maximum absolute atomic E-state index is 12.4. The van der Waals surface area contributed by atoms with Crippen LogP contribution in [0.15, 0.2) is 29.2 Å². The van der Waals surface area contributed by atoms with Crippen LogP contribution in [0.25, 0.3) is 0 Å². The van der Waals surface area contributed by atoms with Crippen molar-refractivity contribution in [3.63, 3.8) is 0 Å². The predicted octanol–water partition coefficient (Wildman–Crippen LogP) is -0.301. The third-order valence-corrected chi connectivity index (χ3v) is 4.04. The minimum Gasteiger partial charge on any atom is -0.481 e. The number of aromatic nitrogens is 4. The fourth-order valence-electron chi connectivity index (χ4n) is 2.71. The molecular formula is C16H20N6O3. The molecule has 1 fully saturated rings. The van der Waals surface area contributed by atoms with Crippen molar-refractivity contribution in [1.29, 1.82) is 0 Å². The van der Waals surface area contributed by atoms with Gasteiger partial charge >= 0.3 is 0 Å².